The van der Waals surface area contributed by atoms with Crippen molar-refractivity contribution in [2.24, 2.45) is 4.99 Å². The molecule has 2 aromatic rings. The number of carbonyl (C=O) groups excluding carboxylic acids is 2. The fraction of sp³-hybridized carbons (Fsp3) is 0.150. The van der Waals surface area contributed by atoms with E-state index in [1.54, 1.807) is 37.3 Å². The van der Waals surface area contributed by atoms with Crippen LogP contribution in [0.1, 0.15) is 24.5 Å². The summed E-state index contributed by atoms with van der Waals surface area (Å²) < 4.78 is 15.7. The van der Waals surface area contributed by atoms with Gasteiger partial charge in [-0.1, -0.05) is 42.3 Å². The van der Waals surface area contributed by atoms with Gasteiger partial charge in [-0.15, -0.1) is 0 Å². The molecule has 1 aliphatic rings. The molecular weight excluding hydrogens is 405 g/mol. The van der Waals surface area contributed by atoms with Gasteiger partial charge in [0.1, 0.15) is 0 Å². The van der Waals surface area contributed by atoms with Gasteiger partial charge in [0.25, 0.3) is 0 Å². The van der Waals surface area contributed by atoms with Crippen molar-refractivity contribution < 1.29 is 23.8 Å². The maximum atomic E-state index is 12.2. The number of halogens is 2. The summed E-state index contributed by atoms with van der Waals surface area (Å²) in [7, 11) is 1.42. The molecule has 6 nitrogen and oxygen atoms in total. The van der Waals surface area contributed by atoms with Crippen LogP contribution in [-0.4, -0.2) is 24.9 Å². The molecule has 3 rings (SSSR count). The Morgan fingerprint density at radius 1 is 1.21 bits per heavy atom. The minimum atomic E-state index is -0.619. The molecular formula is C20H15Cl2NO5. The predicted octanol–water partition coefficient (Wildman–Crippen LogP) is 4.66. The smallest absolute Gasteiger partial charge is 0.363 e. The van der Waals surface area contributed by atoms with Gasteiger partial charge in [0.2, 0.25) is 5.90 Å². The topological polar surface area (TPSA) is 74.2 Å². The van der Waals surface area contributed by atoms with Crippen LogP contribution in [0.4, 0.5) is 0 Å². The number of hydrogen-bond acceptors (Lipinski definition) is 6. The Balaban J connectivity index is 1.97. The summed E-state index contributed by atoms with van der Waals surface area (Å²) in [6, 6.07) is 10.0. The number of rotatable bonds is 5. The third kappa shape index (κ3) is 4.18. The molecule has 0 amide bonds. The largest absolute Gasteiger partial charge is 0.493 e. The Morgan fingerprint density at radius 3 is 2.64 bits per heavy atom. The van der Waals surface area contributed by atoms with Gasteiger partial charge in [-0.3, -0.25) is 4.79 Å². The lowest BCUT2D eigenvalue weighted by Gasteiger charge is -2.11. The minimum Gasteiger partial charge on any atom is -0.493 e. The van der Waals surface area contributed by atoms with Crippen molar-refractivity contribution in [2.45, 2.75) is 13.3 Å². The molecule has 0 atom stereocenters. The zero-order chi connectivity index (χ0) is 20.3. The van der Waals surface area contributed by atoms with E-state index < -0.39 is 11.9 Å². The van der Waals surface area contributed by atoms with Gasteiger partial charge in [-0.2, -0.15) is 0 Å². The quantitative estimate of drug-likeness (QED) is 0.400. The molecule has 1 aliphatic heterocycles. The second kappa shape index (κ2) is 8.46. The Labute approximate surface area is 171 Å². The van der Waals surface area contributed by atoms with Gasteiger partial charge in [0.15, 0.2) is 17.2 Å². The van der Waals surface area contributed by atoms with Crippen LogP contribution in [0.25, 0.3) is 6.08 Å². The summed E-state index contributed by atoms with van der Waals surface area (Å²) >= 11 is 12.3. The number of cyclic esters (lactones) is 1. The summed E-state index contributed by atoms with van der Waals surface area (Å²) in [6.45, 7) is 1.67. The van der Waals surface area contributed by atoms with Gasteiger partial charge in [-0.05, 0) is 35.9 Å². The molecule has 0 saturated heterocycles. The van der Waals surface area contributed by atoms with Gasteiger partial charge in [0.05, 0.1) is 22.7 Å². The number of hydrogen-bond donors (Lipinski definition) is 0. The highest BCUT2D eigenvalue weighted by atomic mass is 35.5. The molecule has 2 aromatic carbocycles. The molecule has 1 heterocycles. The average Bonchev–Trinajstić information content (AvgIpc) is 3.03. The van der Waals surface area contributed by atoms with Crippen molar-refractivity contribution in [3.8, 4) is 11.5 Å². The standard InChI is InChI=1S/C20H15Cl2NO5/c1-3-17(24)27-18-14(22)8-11(10-16(18)26-2)9-15-20(25)28-19(23-15)12-6-4-5-7-13(12)21/h4-10H,3H2,1-2H3/b15-9-. The number of nitrogens with zero attached hydrogens (tertiary/aromatic N) is 1. The minimum absolute atomic E-state index is 0.0753. The molecule has 8 heteroatoms. The van der Waals surface area contributed by atoms with Crippen molar-refractivity contribution in [3.63, 3.8) is 0 Å². The van der Waals surface area contributed by atoms with Crippen molar-refractivity contribution in [1.29, 1.82) is 0 Å². The van der Waals surface area contributed by atoms with Gasteiger partial charge >= 0.3 is 11.9 Å². The first-order valence-corrected chi connectivity index (χ1v) is 9.04. The second-order valence-electron chi connectivity index (χ2n) is 5.68. The molecule has 0 fully saturated rings. The van der Waals surface area contributed by atoms with E-state index in [-0.39, 0.29) is 34.5 Å². The fourth-order valence-electron chi connectivity index (χ4n) is 2.43. The number of carbonyl (C=O) groups is 2. The van der Waals surface area contributed by atoms with E-state index >= 15 is 0 Å². The highest BCUT2D eigenvalue weighted by Crippen LogP contribution is 2.37. The molecule has 0 unspecified atom stereocenters. The van der Waals surface area contributed by atoms with Crippen LogP contribution < -0.4 is 9.47 Å². The van der Waals surface area contributed by atoms with E-state index in [1.807, 2.05) is 0 Å². The van der Waals surface area contributed by atoms with Crippen LogP contribution in [0, 0.1) is 0 Å². The predicted molar refractivity (Wildman–Crippen MR) is 106 cm³/mol. The number of benzene rings is 2. The van der Waals surface area contributed by atoms with Gasteiger partial charge in [-0.25, -0.2) is 9.79 Å². The molecule has 0 N–H and O–H groups in total. The van der Waals surface area contributed by atoms with Crippen molar-refractivity contribution in [2.75, 3.05) is 7.11 Å². The molecule has 0 spiro atoms. The first kappa shape index (κ1) is 19.9. The molecule has 0 aliphatic carbocycles. The zero-order valence-corrected chi connectivity index (χ0v) is 16.5. The number of aliphatic imine (C=N–C) groups is 1. The van der Waals surface area contributed by atoms with E-state index in [0.29, 0.717) is 16.1 Å². The molecule has 144 valence electrons. The van der Waals surface area contributed by atoms with Crippen LogP contribution >= 0.6 is 23.2 Å². The Kier molecular flexibility index (Phi) is 6.02. The van der Waals surface area contributed by atoms with Crippen molar-refractivity contribution in [3.05, 3.63) is 63.3 Å². The van der Waals surface area contributed by atoms with Gasteiger partial charge < -0.3 is 14.2 Å². The van der Waals surface area contributed by atoms with Crippen LogP contribution in [0.2, 0.25) is 10.0 Å². The molecule has 28 heavy (non-hydrogen) atoms. The highest BCUT2D eigenvalue weighted by Gasteiger charge is 2.26. The molecule has 0 saturated carbocycles. The fourth-order valence-corrected chi connectivity index (χ4v) is 2.90. The van der Waals surface area contributed by atoms with E-state index in [2.05, 4.69) is 4.99 Å². The Hall–Kier alpha value is -2.83. The van der Waals surface area contributed by atoms with Crippen molar-refractivity contribution >= 4 is 47.1 Å². The SMILES string of the molecule is CCC(=O)Oc1c(Cl)cc(/C=C2\N=C(c3ccccc3Cl)OC2=O)cc1OC. The van der Waals surface area contributed by atoms with E-state index in [1.165, 1.54) is 19.3 Å². The lowest BCUT2D eigenvalue weighted by atomic mass is 10.1. The van der Waals surface area contributed by atoms with E-state index in [0.717, 1.165) is 0 Å². The normalized spacial score (nSPS) is 14.6. The van der Waals surface area contributed by atoms with Crippen LogP contribution in [0.5, 0.6) is 11.5 Å². The third-order valence-electron chi connectivity index (χ3n) is 3.78. The summed E-state index contributed by atoms with van der Waals surface area (Å²) in [5, 5.41) is 0.580. The maximum Gasteiger partial charge on any atom is 0.363 e. The first-order valence-electron chi connectivity index (χ1n) is 8.28. The molecule has 0 bridgehead atoms. The lowest BCUT2D eigenvalue weighted by molar-refractivity contribution is -0.134. The number of esters is 2. The Morgan fingerprint density at radius 2 is 1.96 bits per heavy atom. The average molecular weight is 420 g/mol. The lowest BCUT2D eigenvalue weighted by Crippen LogP contribution is -2.07. The highest BCUT2D eigenvalue weighted by molar-refractivity contribution is 6.34. The summed E-state index contributed by atoms with van der Waals surface area (Å²) in [6.07, 6.45) is 1.68. The monoisotopic (exact) mass is 419 g/mol. The van der Waals surface area contributed by atoms with Crippen LogP contribution in [0.15, 0.2) is 47.1 Å². The second-order valence-corrected chi connectivity index (χ2v) is 6.49. The van der Waals surface area contributed by atoms with Crippen molar-refractivity contribution in [1.82, 2.24) is 0 Å². The van der Waals surface area contributed by atoms with Crippen LogP contribution in [-0.2, 0) is 14.3 Å². The Bertz CT molecular complexity index is 1010. The zero-order valence-electron chi connectivity index (χ0n) is 15.0. The number of methoxy groups -OCH3 is 1. The van der Waals surface area contributed by atoms with Gasteiger partial charge in [0, 0.05) is 6.42 Å². The maximum absolute atomic E-state index is 12.2. The first-order chi connectivity index (χ1) is 13.4. The summed E-state index contributed by atoms with van der Waals surface area (Å²) in [5.41, 5.74) is 1.11. The molecule has 0 aromatic heterocycles. The van der Waals surface area contributed by atoms with Crippen LogP contribution in [0.3, 0.4) is 0 Å². The van der Waals surface area contributed by atoms with E-state index in [4.69, 9.17) is 37.4 Å². The number of ether oxygens (including phenoxy) is 3. The third-order valence-corrected chi connectivity index (χ3v) is 4.39. The summed E-state index contributed by atoms with van der Waals surface area (Å²) in [4.78, 5) is 28.0. The molecule has 0 radical (unpaired) electrons. The summed E-state index contributed by atoms with van der Waals surface area (Å²) in [5.74, 6) is -0.574. The van der Waals surface area contributed by atoms with E-state index in [9.17, 15) is 9.59 Å².